The molecule has 4 nitrogen and oxygen atoms in total. The SMILES string of the molecule is C=C1C(=O)NN(c2ccc(C#N)cc2)C1(C)C. The van der Waals surface area contributed by atoms with Crippen molar-refractivity contribution < 1.29 is 4.79 Å². The van der Waals surface area contributed by atoms with E-state index in [4.69, 9.17) is 5.26 Å². The van der Waals surface area contributed by atoms with Gasteiger partial charge in [0, 0.05) is 5.57 Å². The minimum atomic E-state index is -0.467. The van der Waals surface area contributed by atoms with Gasteiger partial charge in [-0.05, 0) is 38.1 Å². The zero-order valence-electron chi connectivity index (χ0n) is 9.82. The van der Waals surface area contributed by atoms with E-state index in [1.807, 2.05) is 13.8 Å². The minimum absolute atomic E-state index is 0.167. The van der Waals surface area contributed by atoms with Crippen LogP contribution in [0.2, 0.25) is 0 Å². The first-order chi connectivity index (χ1) is 7.96. The number of hydrogen-bond donors (Lipinski definition) is 1. The molecule has 0 saturated carbocycles. The Morgan fingerprint density at radius 1 is 1.35 bits per heavy atom. The van der Waals surface area contributed by atoms with Crippen molar-refractivity contribution in [2.24, 2.45) is 0 Å². The quantitative estimate of drug-likeness (QED) is 0.743. The van der Waals surface area contributed by atoms with Crippen molar-refractivity contribution >= 4 is 11.6 Å². The lowest BCUT2D eigenvalue weighted by Crippen LogP contribution is -2.44. The molecule has 0 atom stereocenters. The summed E-state index contributed by atoms with van der Waals surface area (Å²) in [5.74, 6) is -0.167. The molecule has 1 saturated heterocycles. The molecule has 0 unspecified atom stereocenters. The molecule has 1 aromatic carbocycles. The summed E-state index contributed by atoms with van der Waals surface area (Å²) in [7, 11) is 0. The number of rotatable bonds is 1. The Bertz CT molecular complexity index is 523. The van der Waals surface area contributed by atoms with Crippen molar-refractivity contribution in [2.75, 3.05) is 5.01 Å². The lowest BCUT2D eigenvalue weighted by atomic mass is 9.96. The Balaban J connectivity index is 2.38. The number of nitrogens with one attached hydrogen (secondary N) is 1. The molecule has 2 rings (SSSR count). The average molecular weight is 227 g/mol. The third kappa shape index (κ3) is 1.66. The summed E-state index contributed by atoms with van der Waals surface area (Å²) in [6.07, 6.45) is 0. The van der Waals surface area contributed by atoms with E-state index in [0.717, 1.165) is 5.69 Å². The van der Waals surface area contributed by atoms with E-state index in [-0.39, 0.29) is 5.91 Å². The van der Waals surface area contributed by atoms with Crippen LogP contribution in [0.15, 0.2) is 36.4 Å². The molecular formula is C13H13N3O. The molecule has 0 aromatic heterocycles. The van der Waals surface area contributed by atoms with Crippen molar-refractivity contribution in [3.63, 3.8) is 0 Å². The molecule has 86 valence electrons. The molecular weight excluding hydrogens is 214 g/mol. The molecule has 4 heteroatoms. The van der Waals surface area contributed by atoms with Gasteiger partial charge in [-0.15, -0.1) is 0 Å². The number of carbonyl (C=O) groups is 1. The van der Waals surface area contributed by atoms with Gasteiger partial charge in [0.2, 0.25) is 0 Å². The van der Waals surface area contributed by atoms with Crippen molar-refractivity contribution in [3.8, 4) is 6.07 Å². The number of hydrazine groups is 1. The summed E-state index contributed by atoms with van der Waals surface area (Å²) in [5, 5.41) is 10.5. The molecule has 1 fully saturated rings. The van der Waals surface area contributed by atoms with E-state index in [1.165, 1.54) is 0 Å². The van der Waals surface area contributed by atoms with Gasteiger partial charge in [-0.2, -0.15) is 5.26 Å². The van der Waals surface area contributed by atoms with Crippen LogP contribution in [-0.2, 0) is 4.79 Å². The topological polar surface area (TPSA) is 56.1 Å². The van der Waals surface area contributed by atoms with Gasteiger partial charge in [0.05, 0.1) is 22.9 Å². The fourth-order valence-corrected chi connectivity index (χ4v) is 1.79. The number of nitriles is 1. The maximum absolute atomic E-state index is 11.6. The highest BCUT2D eigenvalue weighted by atomic mass is 16.2. The summed E-state index contributed by atoms with van der Waals surface area (Å²) < 4.78 is 0. The van der Waals surface area contributed by atoms with Crippen molar-refractivity contribution in [2.45, 2.75) is 19.4 Å². The highest BCUT2D eigenvalue weighted by molar-refractivity contribution is 6.00. The summed E-state index contributed by atoms with van der Waals surface area (Å²) in [4.78, 5) is 11.6. The summed E-state index contributed by atoms with van der Waals surface area (Å²) >= 11 is 0. The number of anilines is 1. The normalized spacial score (nSPS) is 17.8. The Morgan fingerprint density at radius 3 is 2.35 bits per heavy atom. The van der Waals surface area contributed by atoms with Gasteiger partial charge in [0.1, 0.15) is 0 Å². The molecule has 0 radical (unpaired) electrons. The van der Waals surface area contributed by atoms with Gasteiger partial charge >= 0.3 is 0 Å². The lowest BCUT2D eigenvalue weighted by Gasteiger charge is -2.31. The molecule has 1 heterocycles. The van der Waals surface area contributed by atoms with Gasteiger partial charge in [-0.3, -0.25) is 15.2 Å². The average Bonchev–Trinajstić information content (AvgIpc) is 2.53. The van der Waals surface area contributed by atoms with Crippen LogP contribution >= 0.6 is 0 Å². The molecule has 17 heavy (non-hydrogen) atoms. The fourth-order valence-electron chi connectivity index (χ4n) is 1.79. The molecule has 1 aliphatic heterocycles. The molecule has 1 N–H and O–H groups in total. The fraction of sp³-hybridized carbons (Fsp3) is 0.231. The monoisotopic (exact) mass is 227 g/mol. The van der Waals surface area contributed by atoms with Crippen LogP contribution in [0.25, 0.3) is 0 Å². The Hall–Kier alpha value is -2.28. The number of amides is 1. The summed E-state index contributed by atoms with van der Waals surface area (Å²) in [5.41, 5.74) is 4.25. The maximum Gasteiger partial charge on any atom is 0.267 e. The molecule has 0 aliphatic carbocycles. The predicted octanol–water partition coefficient (Wildman–Crippen LogP) is 1.74. The molecule has 0 bridgehead atoms. The van der Waals surface area contributed by atoms with Crippen LogP contribution < -0.4 is 10.4 Å². The van der Waals surface area contributed by atoms with Gasteiger partial charge in [0.25, 0.3) is 5.91 Å². The largest absolute Gasteiger partial charge is 0.275 e. The second-order valence-corrected chi connectivity index (χ2v) is 4.47. The van der Waals surface area contributed by atoms with E-state index < -0.39 is 5.54 Å². The van der Waals surface area contributed by atoms with Crippen LogP contribution in [-0.4, -0.2) is 11.4 Å². The highest BCUT2D eigenvalue weighted by Gasteiger charge is 2.41. The minimum Gasteiger partial charge on any atom is -0.275 e. The van der Waals surface area contributed by atoms with Gasteiger partial charge in [0.15, 0.2) is 0 Å². The first-order valence-electron chi connectivity index (χ1n) is 5.27. The molecule has 0 spiro atoms. The van der Waals surface area contributed by atoms with Crippen LogP contribution in [0.3, 0.4) is 0 Å². The van der Waals surface area contributed by atoms with Crippen LogP contribution in [0.1, 0.15) is 19.4 Å². The van der Waals surface area contributed by atoms with Crippen molar-refractivity contribution in [1.82, 2.24) is 5.43 Å². The Kier molecular flexibility index (Phi) is 2.40. The zero-order valence-corrected chi connectivity index (χ0v) is 9.82. The third-order valence-electron chi connectivity index (χ3n) is 3.04. The van der Waals surface area contributed by atoms with E-state index >= 15 is 0 Å². The Labute approximate surface area is 100 Å². The first-order valence-corrected chi connectivity index (χ1v) is 5.27. The molecule has 1 amide bonds. The standard InChI is InChI=1S/C13H13N3O/c1-9-12(17)15-16(13(9,2)3)11-6-4-10(8-14)5-7-11/h4-7H,1H2,2-3H3,(H,15,17). The second-order valence-electron chi connectivity index (χ2n) is 4.47. The van der Waals surface area contributed by atoms with E-state index in [0.29, 0.717) is 11.1 Å². The van der Waals surface area contributed by atoms with E-state index in [2.05, 4.69) is 18.1 Å². The maximum atomic E-state index is 11.6. The zero-order chi connectivity index (χ0) is 12.6. The highest BCUT2D eigenvalue weighted by Crippen LogP contribution is 2.32. The van der Waals surface area contributed by atoms with Gasteiger partial charge in [-0.1, -0.05) is 6.58 Å². The van der Waals surface area contributed by atoms with Crippen LogP contribution in [0, 0.1) is 11.3 Å². The first kappa shape index (κ1) is 11.2. The van der Waals surface area contributed by atoms with E-state index in [9.17, 15) is 4.79 Å². The van der Waals surface area contributed by atoms with Gasteiger partial charge < -0.3 is 0 Å². The summed E-state index contributed by atoms with van der Waals surface area (Å²) in [6.45, 7) is 7.64. The third-order valence-corrected chi connectivity index (χ3v) is 3.04. The second kappa shape index (κ2) is 3.63. The van der Waals surface area contributed by atoms with Crippen molar-refractivity contribution in [1.29, 1.82) is 5.26 Å². The lowest BCUT2D eigenvalue weighted by molar-refractivity contribution is -0.116. The predicted molar refractivity (Wildman–Crippen MR) is 65.0 cm³/mol. The smallest absolute Gasteiger partial charge is 0.267 e. The Morgan fingerprint density at radius 2 is 1.94 bits per heavy atom. The molecule has 1 aromatic rings. The van der Waals surface area contributed by atoms with Crippen molar-refractivity contribution in [3.05, 3.63) is 42.0 Å². The van der Waals surface area contributed by atoms with Crippen LogP contribution in [0.5, 0.6) is 0 Å². The number of benzene rings is 1. The van der Waals surface area contributed by atoms with Gasteiger partial charge in [-0.25, -0.2) is 0 Å². The van der Waals surface area contributed by atoms with Crippen LogP contribution in [0.4, 0.5) is 5.69 Å². The van der Waals surface area contributed by atoms with E-state index in [1.54, 1.807) is 29.3 Å². The number of nitrogens with zero attached hydrogens (tertiary/aromatic N) is 2. The summed E-state index contributed by atoms with van der Waals surface area (Å²) in [6, 6.07) is 9.11. The number of carbonyl (C=O) groups excluding carboxylic acids is 1. The molecule has 1 aliphatic rings. The number of hydrogen-bond acceptors (Lipinski definition) is 3.